The molecule has 1 N–H and O–H groups in total. The summed E-state index contributed by atoms with van der Waals surface area (Å²) in [4.78, 5) is 36.6. The Kier molecular flexibility index (Phi) is 9.26. The lowest BCUT2D eigenvalue weighted by atomic mass is 9.65. The topological polar surface area (TPSA) is 130 Å². The van der Waals surface area contributed by atoms with Crippen molar-refractivity contribution in [2.24, 2.45) is 17.8 Å². The highest BCUT2D eigenvalue weighted by atomic mass is 32.2. The van der Waals surface area contributed by atoms with E-state index < -0.39 is 18.1 Å². The quantitative estimate of drug-likeness (QED) is 0.144. The number of carbonyl (C=O) groups is 1. The van der Waals surface area contributed by atoms with Crippen molar-refractivity contribution in [3.63, 3.8) is 0 Å². The molecule has 234 valence electrons. The van der Waals surface area contributed by atoms with E-state index in [4.69, 9.17) is 5.11 Å². The Balaban J connectivity index is 1.19. The molecule has 6 aliphatic rings. The van der Waals surface area contributed by atoms with Crippen molar-refractivity contribution in [1.29, 1.82) is 0 Å². The molecule has 3 aliphatic heterocycles. The lowest BCUT2D eigenvalue weighted by Gasteiger charge is -2.45. The molecule has 3 saturated carbocycles. The van der Waals surface area contributed by atoms with Crippen molar-refractivity contribution in [2.75, 3.05) is 13.1 Å². The summed E-state index contributed by atoms with van der Waals surface area (Å²) < 4.78 is 2.50. The molecule has 0 spiro atoms. The number of fused-ring (bicyclic) bond motifs is 6. The third-order valence-electron chi connectivity index (χ3n) is 11.1. The summed E-state index contributed by atoms with van der Waals surface area (Å²) in [6.07, 6.45) is 21.4. The van der Waals surface area contributed by atoms with Gasteiger partial charge < -0.3 is 10.0 Å². The van der Waals surface area contributed by atoms with E-state index >= 15 is 0 Å². The molecular weight excluding hydrogens is 568 g/mol. The molecule has 0 aromatic carbocycles. The standard InChI is InChI=1S/C32H44N4O6S/c37-30(38)10-2-1-5-16-33-18-15-21(24-8-3-4-9-27(24)33)11-12-22-7-6-17-34-28-14-13-25-26(31(28)43-32(22)34)19-23(35(39)40)20-29(25)36(41)42/h11-12,15,18,23-29,31H,1-10,13-14,16-17,19-20H2/p+1. The van der Waals surface area contributed by atoms with Gasteiger partial charge in [-0.25, -0.2) is 4.58 Å². The van der Waals surface area contributed by atoms with E-state index in [9.17, 15) is 25.0 Å². The predicted molar refractivity (Wildman–Crippen MR) is 165 cm³/mol. The minimum absolute atomic E-state index is 0.0142. The molecule has 4 fully saturated rings. The van der Waals surface area contributed by atoms with Crippen molar-refractivity contribution in [3.05, 3.63) is 54.6 Å². The van der Waals surface area contributed by atoms with E-state index in [1.54, 1.807) is 0 Å². The minimum atomic E-state index is -0.816. The monoisotopic (exact) mass is 613 g/mol. The molecule has 0 aromatic heterocycles. The van der Waals surface area contributed by atoms with Gasteiger partial charge in [-0.2, -0.15) is 0 Å². The van der Waals surface area contributed by atoms with Gasteiger partial charge in [-0.05, 0) is 68.4 Å². The lowest BCUT2D eigenvalue weighted by molar-refractivity contribution is -0.578. The van der Waals surface area contributed by atoms with Gasteiger partial charge in [0.25, 0.3) is 0 Å². The van der Waals surface area contributed by atoms with Crippen LogP contribution in [-0.4, -0.2) is 79.1 Å². The second kappa shape index (κ2) is 13.1. The Morgan fingerprint density at radius 3 is 2.65 bits per heavy atom. The fourth-order valence-electron chi connectivity index (χ4n) is 9.09. The summed E-state index contributed by atoms with van der Waals surface area (Å²) in [5.74, 6) is -0.250. The van der Waals surface area contributed by atoms with Crippen LogP contribution in [-0.2, 0) is 4.79 Å². The zero-order valence-electron chi connectivity index (χ0n) is 24.9. The van der Waals surface area contributed by atoms with Crippen LogP contribution in [0.25, 0.3) is 0 Å². The van der Waals surface area contributed by atoms with Gasteiger partial charge in [0.05, 0.1) is 11.4 Å². The highest BCUT2D eigenvalue weighted by Gasteiger charge is 2.57. The van der Waals surface area contributed by atoms with Gasteiger partial charge >= 0.3 is 5.97 Å². The lowest BCUT2D eigenvalue weighted by Crippen LogP contribution is -2.54. The van der Waals surface area contributed by atoms with Gasteiger partial charge in [0.2, 0.25) is 12.1 Å². The molecule has 11 heteroatoms. The molecule has 8 unspecified atom stereocenters. The van der Waals surface area contributed by atoms with Gasteiger partial charge in [0.15, 0.2) is 12.3 Å². The molecule has 43 heavy (non-hydrogen) atoms. The van der Waals surface area contributed by atoms with Crippen LogP contribution in [0, 0.1) is 38.0 Å². The van der Waals surface area contributed by atoms with Crippen molar-refractivity contribution in [2.45, 2.75) is 119 Å². The number of hydrogen-bond donors (Lipinski definition) is 1. The molecule has 3 aliphatic carbocycles. The fourth-order valence-corrected chi connectivity index (χ4v) is 11.0. The first kappa shape index (κ1) is 30.3. The molecular formula is C32H45N4O6S+. The molecule has 0 amide bonds. The number of nitro groups is 2. The van der Waals surface area contributed by atoms with Crippen LogP contribution in [0.5, 0.6) is 0 Å². The summed E-state index contributed by atoms with van der Waals surface area (Å²) in [6.45, 7) is 1.98. The molecule has 8 atom stereocenters. The van der Waals surface area contributed by atoms with Crippen LogP contribution in [0.2, 0.25) is 0 Å². The Bertz CT molecular complexity index is 1250. The number of aliphatic carboxylic acids is 1. The first-order chi connectivity index (χ1) is 20.8. The Hall–Kier alpha value is -2.69. The number of thioether (sulfide) groups is 1. The summed E-state index contributed by atoms with van der Waals surface area (Å²) >= 11 is 1.86. The highest BCUT2D eigenvalue weighted by Crippen LogP contribution is 2.56. The van der Waals surface area contributed by atoms with Crippen molar-refractivity contribution >= 4 is 23.9 Å². The maximum absolute atomic E-state index is 11.9. The normalized spacial score (nSPS) is 35.4. The SMILES string of the molecule is O=C(O)CCCCC[N+]1=CC=C(C=CC2=C3SC4C5CC([N+](=O)[O-])CC([N+](=O)[O-])C5CCC4N3CCC2)C2CCCCC21. The zero-order valence-corrected chi connectivity index (χ0v) is 25.7. The average molecular weight is 614 g/mol. The third-order valence-corrected chi connectivity index (χ3v) is 12.8. The van der Waals surface area contributed by atoms with Crippen LogP contribution < -0.4 is 0 Å². The number of nitrogens with zero attached hydrogens (tertiary/aromatic N) is 4. The minimum Gasteiger partial charge on any atom is -0.481 e. The first-order valence-electron chi connectivity index (χ1n) is 16.5. The number of rotatable bonds is 10. The van der Waals surface area contributed by atoms with Gasteiger partial charge in [0, 0.05) is 71.3 Å². The first-order valence-corrected chi connectivity index (χ1v) is 17.3. The van der Waals surface area contributed by atoms with E-state index in [0.717, 1.165) is 58.0 Å². The highest BCUT2D eigenvalue weighted by molar-refractivity contribution is 8.04. The maximum atomic E-state index is 11.9. The van der Waals surface area contributed by atoms with Crippen molar-refractivity contribution in [1.82, 2.24) is 4.90 Å². The molecule has 0 aromatic rings. The number of allylic oxidation sites excluding steroid dienone is 4. The maximum Gasteiger partial charge on any atom is 0.303 e. The summed E-state index contributed by atoms with van der Waals surface area (Å²) in [5, 5.41) is 34.1. The largest absolute Gasteiger partial charge is 0.481 e. The molecule has 10 nitrogen and oxygen atoms in total. The Labute approximate surface area is 257 Å². The van der Waals surface area contributed by atoms with E-state index in [2.05, 4.69) is 33.9 Å². The molecule has 6 rings (SSSR count). The average Bonchev–Trinajstić information content (AvgIpc) is 3.39. The summed E-state index contributed by atoms with van der Waals surface area (Å²) in [6, 6.07) is -0.792. The van der Waals surface area contributed by atoms with Gasteiger partial charge in [-0.1, -0.05) is 18.6 Å². The van der Waals surface area contributed by atoms with E-state index in [1.165, 1.54) is 41.9 Å². The van der Waals surface area contributed by atoms with Gasteiger partial charge in [0.1, 0.15) is 6.54 Å². The summed E-state index contributed by atoms with van der Waals surface area (Å²) in [7, 11) is 0. The summed E-state index contributed by atoms with van der Waals surface area (Å²) in [5.41, 5.74) is 2.75. The van der Waals surface area contributed by atoms with Crippen molar-refractivity contribution in [3.8, 4) is 0 Å². The molecule has 3 heterocycles. The molecule has 0 radical (unpaired) electrons. The molecule has 0 bridgehead atoms. The number of hydrogen-bond acceptors (Lipinski definition) is 7. The van der Waals surface area contributed by atoms with E-state index in [1.807, 2.05) is 11.8 Å². The third kappa shape index (κ3) is 6.28. The van der Waals surface area contributed by atoms with Crippen LogP contribution in [0.4, 0.5) is 0 Å². The van der Waals surface area contributed by atoms with E-state index in [-0.39, 0.29) is 39.8 Å². The van der Waals surface area contributed by atoms with Gasteiger partial charge in [-0.3, -0.25) is 25.0 Å². The second-order valence-electron chi connectivity index (χ2n) is 13.5. The van der Waals surface area contributed by atoms with E-state index in [0.29, 0.717) is 24.4 Å². The van der Waals surface area contributed by atoms with Gasteiger partial charge in [-0.15, -0.1) is 11.8 Å². The predicted octanol–water partition coefficient (Wildman–Crippen LogP) is 5.67. The molecule has 1 saturated heterocycles. The Morgan fingerprint density at radius 2 is 1.86 bits per heavy atom. The van der Waals surface area contributed by atoms with Crippen molar-refractivity contribution < 1.29 is 24.3 Å². The van der Waals surface area contributed by atoms with Crippen LogP contribution in [0.15, 0.2) is 34.4 Å². The fraction of sp³-hybridized carbons (Fsp3) is 0.750. The number of unbranched alkanes of at least 4 members (excludes halogenated alkanes) is 2. The smallest absolute Gasteiger partial charge is 0.303 e. The second-order valence-corrected chi connectivity index (χ2v) is 14.7. The van der Waals surface area contributed by atoms with Crippen LogP contribution >= 0.6 is 11.8 Å². The zero-order chi connectivity index (χ0) is 30.1. The number of carboxylic acids is 1. The number of carboxylic acid groups (broad SMARTS) is 1. The van der Waals surface area contributed by atoms with Crippen LogP contribution in [0.3, 0.4) is 0 Å². The Morgan fingerprint density at radius 1 is 1.02 bits per heavy atom. The van der Waals surface area contributed by atoms with Crippen LogP contribution in [0.1, 0.15) is 89.9 Å².